The minimum Gasteiger partial charge on any atom is -0.303 e. The lowest BCUT2D eigenvalue weighted by molar-refractivity contribution is -0.496. The summed E-state index contributed by atoms with van der Waals surface area (Å²) < 4.78 is 0. The van der Waals surface area contributed by atoms with Crippen LogP contribution in [0.5, 0.6) is 0 Å². The van der Waals surface area contributed by atoms with E-state index in [4.69, 9.17) is 5.41 Å². The summed E-state index contributed by atoms with van der Waals surface area (Å²) in [5.41, 5.74) is 2.43. The number of carbonyl (C=O) groups is 1. The fourth-order valence-corrected chi connectivity index (χ4v) is 4.88. The van der Waals surface area contributed by atoms with Crippen molar-refractivity contribution in [2.45, 2.75) is 25.3 Å². The second-order valence-corrected chi connectivity index (χ2v) is 9.23. The standard InChI is InChI=1S/C27H30N4OS/c28-26(13-17-29-23-10-5-2-6-11-23)31(27(32)25-12-7-21-33-25)24-15-19-30(20-16-24)18-14-22-8-3-1-4-9-22/h1-13,17,21,24,28-29H,14-16,18-20H2/p+1/b17-13-,28-26?. The molecule has 3 aromatic rings. The Morgan fingerprint density at radius 3 is 2.39 bits per heavy atom. The van der Waals surface area contributed by atoms with E-state index in [0.717, 1.165) is 44.6 Å². The Kier molecular flexibility index (Phi) is 8.19. The topological polar surface area (TPSA) is 64.0 Å². The van der Waals surface area contributed by atoms with Gasteiger partial charge in [0.15, 0.2) is 0 Å². The summed E-state index contributed by atoms with van der Waals surface area (Å²) in [6.07, 6.45) is 6.40. The number of likely N-dealkylation sites (tertiary alicyclic amines) is 1. The van der Waals surface area contributed by atoms with Crippen LogP contribution in [-0.2, 0) is 6.42 Å². The molecule has 0 bridgehead atoms. The van der Waals surface area contributed by atoms with Crippen LogP contribution in [0, 0.1) is 5.41 Å². The van der Waals surface area contributed by atoms with Crippen molar-refractivity contribution in [1.82, 2.24) is 9.80 Å². The van der Waals surface area contributed by atoms with Crippen molar-refractivity contribution in [3.8, 4) is 0 Å². The third-order valence-electron chi connectivity index (χ3n) is 6.03. The Morgan fingerprint density at radius 2 is 1.73 bits per heavy atom. The number of hydrogen-bond acceptors (Lipinski definition) is 4. The highest BCUT2D eigenvalue weighted by atomic mass is 32.1. The summed E-state index contributed by atoms with van der Waals surface area (Å²) in [5, 5.41) is 12.6. The molecular formula is C27H31N4OS+. The molecule has 0 radical (unpaired) electrons. The molecule has 0 unspecified atom stereocenters. The van der Waals surface area contributed by atoms with Gasteiger partial charge in [-0.1, -0.05) is 54.6 Å². The molecule has 170 valence electrons. The number of thiophene rings is 1. The van der Waals surface area contributed by atoms with Crippen LogP contribution in [0.4, 0.5) is 5.69 Å². The summed E-state index contributed by atoms with van der Waals surface area (Å²) in [4.78, 5) is 18.2. The van der Waals surface area contributed by atoms with E-state index in [2.05, 4.69) is 35.2 Å². The average molecular weight is 460 g/mol. The van der Waals surface area contributed by atoms with Gasteiger partial charge in [0, 0.05) is 31.8 Å². The predicted octanol–water partition coefficient (Wildman–Crippen LogP) is 4.28. The summed E-state index contributed by atoms with van der Waals surface area (Å²) in [5.74, 6) is 0.186. The lowest BCUT2D eigenvalue weighted by Gasteiger charge is -2.38. The SMILES string of the molecule is N=C(/C=C\[NH2+]c1ccccc1)N(C(=O)c1cccs1)C1CCN(CCc2ccccc2)CC1. The highest BCUT2D eigenvalue weighted by Gasteiger charge is 2.31. The van der Waals surface area contributed by atoms with Crippen LogP contribution in [0.15, 0.2) is 90.5 Å². The number of amides is 1. The van der Waals surface area contributed by atoms with Gasteiger partial charge >= 0.3 is 0 Å². The van der Waals surface area contributed by atoms with E-state index < -0.39 is 0 Å². The van der Waals surface area contributed by atoms with E-state index >= 15 is 0 Å². The Hall–Kier alpha value is -3.06. The lowest BCUT2D eigenvalue weighted by atomic mass is 10.0. The fraction of sp³-hybridized carbons (Fsp3) is 0.259. The van der Waals surface area contributed by atoms with E-state index in [1.165, 1.54) is 16.9 Å². The molecule has 1 aliphatic heterocycles. The minimum atomic E-state index is -0.0675. The van der Waals surface area contributed by atoms with E-state index in [9.17, 15) is 4.79 Å². The van der Waals surface area contributed by atoms with Gasteiger partial charge in [0.05, 0.1) is 4.88 Å². The first kappa shape index (κ1) is 23.1. The molecule has 0 saturated carbocycles. The molecule has 3 N–H and O–H groups in total. The van der Waals surface area contributed by atoms with E-state index in [-0.39, 0.29) is 17.8 Å². The van der Waals surface area contributed by atoms with Crippen molar-refractivity contribution in [2.24, 2.45) is 0 Å². The zero-order valence-corrected chi connectivity index (χ0v) is 19.6. The number of para-hydroxylation sites is 1. The van der Waals surface area contributed by atoms with Crippen LogP contribution in [0.1, 0.15) is 28.1 Å². The summed E-state index contributed by atoms with van der Waals surface area (Å²) in [6, 6.07) is 24.4. The molecular weight excluding hydrogens is 428 g/mol. The van der Waals surface area contributed by atoms with Crippen LogP contribution in [0.3, 0.4) is 0 Å². The number of quaternary nitrogens is 1. The van der Waals surface area contributed by atoms with Gasteiger partial charge in [-0.25, -0.2) is 0 Å². The Bertz CT molecular complexity index is 1040. The minimum absolute atomic E-state index is 0.0430. The number of hydrogen-bond donors (Lipinski definition) is 2. The van der Waals surface area contributed by atoms with Gasteiger partial charge in [-0.15, -0.1) is 11.3 Å². The fourth-order valence-electron chi connectivity index (χ4n) is 4.22. The zero-order chi connectivity index (χ0) is 22.9. The van der Waals surface area contributed by atoms with Crippen molar-refractivity contribution in [2.75, 3.05) is 19.6 Å². The average Bonchev–Trinajstić information content (AvgIpc) is 3.40. The van der Waals surface area contributed by atoms with Gasteiger partial charge in [-0.05, 0) is 48.4 Å². The van der Waals surface area contributed by atoms with Gasteiger partial charge in [-0.2, -0.15) is 0 Å². The first-order valence-electron chi connectivity index (χ1n) is 11.5. The van der Waals surface area contributed by atoms with Crippen molar-refractivity contribution >= 4 is 28.8 Å². The molecule has 0 spiro atoms. The van der Waals surface area contributed by atoms with Gasteiger partial charge in [0.25, 0.3) is 5.91 Å². The zero-order valence-electron chi connectivity index (χ0n) is 18.8. The third-order valence-corrected chi connectivity index (χ3v) is 6.89. The molecule has 33 heavy (non-hydrogen) atoms. The molecule has 1 aromatic heterocycles. The maximum atomic E-state index is 13.3. The smallest absolute Gasteiger partial charge is 0.269 e. The molecule has 1 aliphatic rings. The van der Waals surface area contributed by atoms with Crippen LogP contribution >= 0.6 is 11.3 Å². The van der Waals surface area contributed by atoms with Crippen molar-refractivity contribution in [3.05, 3.63) is 101 Å². The number of benzene rings is 2. The quantitative estimate of drug-likeness (QED) is 0.300. The molecule has 4 rings (SSSR count). The number of nitrogens with zero attached hydrogens (tertiary/aromatic N) is 2. The molecule has 0 atom stereocenters. The molecule has 1 amide bonds. The van der Waals surface area contributed by atoms with Crippen molar-refractivity contribution in [3.63, 3.8) is 0 Å². The highest BCUT2D eigenvalue weighted by molar-refractivity contribution is 7.12. The number of amidine groups is 1. The first-order chi connectivity index (χ1) is 16.2. The van der Waals surface area contributed by atoms with Crippen LogP contribution in [0.25, 0.3) is 0 Å². The monoisotopic (exact) mass is 459 g/mol. The molecule has 1 saturated heterocycles. The second kappa shape index (κ2) is 11.7. The van der Waals surface area contributed by atoms with Gasteiger partial charge < -0.3 is 4.90 Å². The Labute approximate surface area is 199 Å². The number of carbonyl (C=O) groups excluding carboxylic acids is 1. The molecule has 1 fully saturated rings. The molecule has 2 aromatic carbocycles. The Balaban J connectivity index is 1.38. The number of piperidine rings is 1. The second-order valence-electron chi connectivity index (χ2n) is 8.28. The van der Waals surface area contributed by atoms with E-state index in [0.29, 0.717) is 4.88 Å². The van der Waals surface area contributed by atoms with E-state index in [1.807, 2.05) is 59.4 Å². The normalized spacial score (nSPS) is 15.0. The maximum Gasteiger partial charge on any atom is 0.269 e. The first-order valence-corrected chi connectivity index (χ1v) is 12.4. The third kappa shape index (κ3) is 6.48. The summed E-state index contributed by atoms with van der Waals surface area (Å²) in [6.45, 7) is 2.91. The Morgan fingerprint density at radius 1 is 1.03 bits per heavy atom. The van der Waals surface area contributed by atoms with Crippen LogP contribution in [0.2, 0.25) is 0 Å². The lowest BCUT2D eigenvalue weighted by Crippen LogP contribution is -2.71. The molecule has 6 heteroatoms. The maximum absolute atomic E-state index is 13.3. The van der Waals surface area contributed by atoms with Crippen molar-refractivity contribution in [1.29, 1.82) is 5.41 Å². The number of nitrogens with one attached hydrogen (secondary N) is 1. The highest BCUT2D eigenvalue weighted by Crippen LogP contribution is 2.22. The summed E-state index contributed by atoms with van der Waals surface area (Å²) in [7, 11) is 0. The summed E-state index contributed by atoms with van der Waals surface area (Å²) >= 11 is 1.44. The van der Waals surface area contributed by atoms with Crippen molar-refractivity contribution < 1.29 is 10.1 Å². The molecule has 2 heterocycles. The van der Waals surface area contributed by atoms with Gasteiger partial charge in [0.1, 0.15) is 17.7 Å². The largest absolute Gasteiger partial charge is 0.303 e. The van der Waals surface area contributed by atoms with Crippen LogP contribution in [-0.4, -0.2) is 47.2 Å². The van der Waals surface area contributed by atoms with E-state index in [1.54, 1.807) is 11.0 Å². The van der Waals surface area contributed by atoms with Crippen LogP contribution < -0.4 is 5.32 Å². The van der Waals surface area contributed by atoms with Gasteiger partial charge in [-0.3, -0.25) is 20.4 Å². The predicted molar refractivity (Wildman–Crippen MR) is 135 cm³/mol. The van der Waals surface area contributed by atoms with Gasteiger partial charge in [0.2, 0.25) is 0 Å². The molecule has 0 aliphatic carbocycles. The number of rotatable bonds is 8. The molecule has 5 nitrogen and oxygen atoms in total. The number of nitrogens with two attached hydrogens (primary N) is 1.